The van der Waals surface area contributed by atoms with Gasteiger partial charge < -0.3 is 0 Å². The first-order chi connectivity index (χ1) is 14.2. The van der Waals surface area contributed by atoms with Gasteiger partial charge in [-0.25, -0.2) is 9.97 Å². The van der Waals surface area contributed by atoms with Crippen LogP contribution in [0.25, 0.3) is 17.2 Å². The quantitative estimate of drug-likeness (QED) is 0.522. The fourth-order valence-electron chi connectivity index (χ4n) is 2.38. The van der Waals surface area contributed by atoms with Crippen molar-refractivity contribution in [3.8, 4) is 29.0 Å². The SMILES string of the molecule is CCC#Cc1ccc(-c2csc(NC(=O)c3cnnn3-c3cnccn3)n2)nc1. The molecule has 10 heteroatoms. The molecule has 9 nitrogen and oxygen atoms in total. The van der Waals surface area contributed by atoms with Crippen molar-refractivity contribution in [2.45, 2.75) is 13.3 Å². The monoisotopic (exact) mass is 402 g/mol. The number of nitrogens with zero attached hydrogens (tertiary/aromatic N) is 7. The van der Waals surface area contributed by atoms with Gasteiger partial charge in [0.05, 0.1) is 18.1 Å². The maximum absolute atomic E-state index is 12.6. The number of carbonyl (C=O) groups is 1. The lowest BCUT2D eigenvalue weighted by Gasteiger charge is -2.04. The van der Waals surface area contributed by atoms with E-state index in [4.69, 9.17) is 0 Å². The zero-order valence-corrected chi connectivity index (χ0v) is 16.1. The summed E-state index contributed by atoms with van der Waals surface area (Å²) in [6.07, 6.45) is 8.40. The standard InChI is InChI=1S/C19H14N8OS/c1-2-3-4-13-5-6-14(22-9-13)15-12-29-19(24-15)25-18(28)16-10-23-26-27(16)17-11-20-7-8-21-17/h5-12H,2H2,1H3,(H,24,25,28). The third kappa shape index (κ3) is 4.15. The lowest BCUT2D eigenvalue weighted by Crippen LogP contribution is -2.17. The van der Waals surface area contributed by atoms with Crippen molar-refractivity contribution >= 4 is 22.4 Å². The molecule has 0 unspecified atom stereocenters. The first-order valence-corrected chi connectivity index (χ1v) is 9.52. The fourth-order valence-corrected chi connectivity index (χ4v) is 3.08. The van der Waals surface area contributed by atoms with Gasteiger partial charge in [0.15, 0.2) is 16.6 Å². The van der Waals surface area contributed by atoms with Gasteiger partial charge in [-0.05, 0) is 12.1 Å². The smallest absolute Gasteiger partial charge is 0.277 e. The molecule has 0 radical (unpaired) electrons. The van der Waals surface area contributed by atoms with Gasteiger partial charge in [0.25, 0.3) is 5.91 Å². The highest BCUT2D eigenvalue weighted by atomic mass is 32.1. The van der Waals surface area contributed by atoms with Crippen molar-refractivity contribution in [2.75, 3.05) is 5.32 Å². The van der Waals surface area contributed by atoms with E-state index >= 15 is 0 Å². The number of pyridine rings is 1. The molecule has 4 aromatic heterocycles. The van der Waals surface area contributed by atoms with Crippen LogP contribution in [0, 0.1) is 11.8 Å². The molecule has 142 valence electrons. The summed E-state index contributed by atoms with van der Waals surface area (Å²) >= 11 is 1.30. The minimum atomic E-state index is -0.403. The molecule has 0 saturated heterocycles. The van der Waals surface area contributed by atoms with Gasteiger partial charge in [-0.3, -0.25) is 20.1 Å². The molecule has 0 bridgehead atoms. The fraction of sp³-hybridized carbons (Fsp3) is 0.105. The maximum Gasteiger partial charge on any atom is 0.277 e. The summed E-state index contributed by atoms with van der Waals surface area (Å²) in [6.45, 7) is 2.00. The van der Waals surface area contributed by atoms with Gasteiger partial charge in [0.2, 0.25) is 0 Å². The van der Waals surface area contributed by atoms with E-state index in [0.717, 1.165) is 12.0 Å². The Hall–Kier alpha value is -3.97. The highest BCUT2D eigenvalue weighted by Gasteiger charge is 2.17. The Labute approximate surface area is 169 Å². The van der Waals surface area contributed by atoms with E-state index in [1.165, 1.54) is 40.8 Å². The zero-order chi connectivity index (χ0) is 20.1. The third-order valence-electron chi connectivity index (χ3n) is 3.71. The Morgan fingerprint density at radius 3 is 2.86 bits per heavy atom. The summed E-state index contributed by atoms with van der Waals surface area (Å²) in [4.78, 5) is 29.6. The van der Waals surface area contributed by atoms with E-state index in [9.17, 15) is 4.79 Å². The highest BCUT2D eigenvalue weighted by molar-refractivity contribution is 7.14. The number of carbonyl (C=O) groups excluding carboxylic acids is 1. The maximum atomic E-state index is 12.6. The number of hydrogen-bond donors (Lipinski definition) is 1. The molecular formula is C19H14N8OS. The molecule has 29 heavy (non-hydrogen) atoms. The second kappa shape index (κ2) is 8.37. The van der Waals surface area contributed by atoms with Crippen LogP contribution in [0.5, 0.6) is 0 Å². The van der Waals surface area contributed by atoms with Gasteiger partial charge in [-0.15, -0.1) is 16.4 Å². The lowest BCUT2D eigenvalue weighted by atomic mass is 10.2. The van der Waals surface area contributed by atoms with Crippen LogP contribution < -0.4 is 5.32 Å². The average Bonchev–Trinajstić information content (AvgIpc) is 3.43. The van der Waals surface area contributed by atoms with Crippen LogP contribution in [0.1, 0.15) is 29.4 Å². The molecule has 0 fully saturated rings. The summed E-state index contributed by atoms with van der Waals surface area (Å²) in [5, 5.41) is 12.7. The molecule has 4 aromatic rings. The minimum Gasteiger partial charge on any atom is -0.296 e. The van der Waals surface area contributed by atoms with Crippen LogP contribution >= 0.6 is 11.3 Å². The van der Waals surface area contributed by atoms with Crippen molar-refractivity contribution < 1.29 is 4.79 Å². The van der Waals surface area contributed by atoms with Crippen LogP contribution in [0.15, 0.2) is 48.5 Å². The number of aromatic nitrogens is 7. The number of rotatable bonds is 4. The molecular weight excluding hydrogens is 388 g/mol. The Morgan fingerprint density at radius 2 is 2.10 bits per heavy atom. The Balaban J connectivity index is 1.50. The number of amides is 1. The van der Waals surface area contributed by atoms with Crippen molar-refractivity contribution in [3.63, 3.8) is 0 Å². The van der Waals surface area contributed by atoms with E-state index in [1.807, 2.05) is 24.4 Å². The van der Waals surface area contributed by atoms with Crippen molar-refractivity contribution in [2.24, 2.45) is 0 Å². The summed E-state index contributed by atoms with van der Waals surface area (Å²) in [5.41, 5.74) is 2.44. The molecule has 0 aliphatic carbocycles. The predicted octanol–water partition coefficient (Wildman–Crippen LogP) is 2.59. The first kappa shape index (κ1) is 18.4. The van der Waals surface area contributed by atoms with Crippen LogP contribution in [0.4, 0.5) is 5.13 Å². The van der Waals surface area contributed by atoms with E-state index < -0.39 is 5.91 Å². The molecule has 0 saturated carbocycles. The minimum absolute atomic E-state index is 0.222. The highest BCUT2D eigenvalue weighted by Crippen LogP contribution is 2.24. The van der Waals surface area contributed by atoms with Crippen LogP contribution in [-0.4, -0.2) is 40.8 Å². The van der Waals surface area contributed by atoms with E-state index in [1.54, 1.807) is 6.20 Å². The third-order valence-corrected chi connectivity index (χ3v) is 4.47. The molecule has 1 N–H and O–H groups in total. The molecule has 0 spiro atoms. The van der Waals surface area contributed by atoms with Gasteiger partial charge >= 0.3 is 0 Å². The normalized spacial score (nSPS) is 10.2. The number of nitrogens with one attached hydrogen (secondary N) is 1. The lowest BCUT2D eigenvalue weighted by molar-refractivity contribution is 0.101. The number of hydrogen-bond acceptors (Lipinski definition) is 8. The summed E-state index contributed by atoms with van der Waals surface area (Å²) in [6, 6.07) is 3.75. The number of thiazole rings is 1. The van der Waals surface area contributed by atoms with Crippen LogP contribution in [-0.2, 0) is 0 Å². The average molecular weight is 402 g/mol. The summed E-state index contributed by atoms with van der Waals surface area (Å²) in [5.74, 6) is 6.03. The van der Waals surface area contributed by atoms with Crippen LogP contribution in [0.2, 0.25) is 0 Å². The molecule has 1 amide bonds. The van der Waals surface area contributed by atoms with Gasteiger partial charge in [-0.1, -0.05) is 24.0 Å². The van der Waals surface area contributed by atoms with E-state index in [2.05, 4.69) is 47.4 Å². The van der Waals surface area contributed by atoms with Crippen LogP contribution in [0.3, 0.4) is 0 Å². The second-order valence-corrected chi connectivity index (χ2v) is 6.53. The molecule has 0 atom stereocenters. The Morgan fingerprint density at radius 1 is 1.17 bits per heavy atom. The largest absolute Gasteiger partial charge is 0.296 e. The summed E-state index contributed by atoms with van der Waals surface area (Å²) < 4.78 is 1.31. The van der Waals surface area contributed by atoms with E-state index in [-0.39, 0.29) is 5.69 Å². The van der Waals surface area contributed by atoms with Crippen molar-refractivity contribution in [1.29, 1.82) is 0 Å². The van der Waals surface area contributed by atoms with Crippen molar-refractivity contribution in [3.05, 3.63) is 59.8 Å². The van der Waals surface area contributed by atoms with Crippen molar-refractivity contribution in [1.82, 2.24) is 34.9 Å². The zero-order valence-electron chi connectivity index (χ0n) is 15.3. The number of anilines is 1. The van der Waals surface area contributed by atoms with Gasteiger partial charge in [0.1, 0.15) is 5.69 Å². The van der Waals surface area contributed by atoms with E-state index in [0.29, 0.717) is 22.3 Å². The van der Waals surface area contributed by atoms with Gasteiger partial charge in [-0.2, -0.15) is 4.68 Å². The molecule has 0 aliphatic rings. The topological polar surface area (TPSA) is 111 Å². The second-order valence-electron chi connectivity index (χ2n) is 5.67. The predicted molar refractivity (Wildman–Crippen MR) is 107 cm³/mol. The Kier molecular flexibility index (Phi) is 5.31. The molecule has 0 aliphatic heterocycles. The first-order valence-electron chi connectivity index (χ1n) is 8.64. The molecule has 0 aromatic carbocycles. The molecule has 4 rings (SSSR count). The Bertz CT molecular complexity index is 1190. The van der Waals surface area contributed by atoms with Gasteiger partial charge in [0, 0.05) is 36.0 Å². The molecule has 4 heterocycles. The summed E-state index contributed by atoms with van der Waals surface area (Å²) in [7, 11) is 0.